The van der Waals surface area contributed by atoms with Gasteiger partial charge < -0.3 is 10.6 Å². The molecule has 2 rings (SSSR count). The molecule has 2 N–H and O–H groups in total. The van der Waals surface area contributed by atoms with Crippen LogP contribution in [0.2, 0.25) is 0 Å². The van der Waals surface area contributed by atoms with Crippen LogP contribution < -0.4 is 10.6 Å². The van der Waals surface area contributed by atoms with Gasteiger partial charge in [-0.1, -0.05) is 19.9 Å². The maximum absolute atomic E-state index is 4.62. The summed E-state index contributed by atoms with van der Waals surface area (Å²) in [5.74, 6) is 2.58. The summed E-state index contributed by atoms with van der Waals surface area (Å²) in [7, 11) is 0. The molecule has 0 bridgehead atoms. The van der Waals surface area contributed by atoms with Crippen molar-refractivity contribution < 1.29 is 0 Å². The summed E-state index contributed by atoms with van der Waals surface area (Å²) < 4.78 is 2.02. The Hall–Kier alpha value is -1.38. The minimum absolute atomic E-state index is 0. The zero-order valence-electron chi connectivity index (χ0n) is 14.8. The maximum atomic E-state index is 4.62. The lowest BCUT2D eigenvalue weighted by Gasteiger charge is -2.11. The van der Waals surface area contributed by atoms with Crippen molar-refractivity contribution in [2.24, 2.45) is 10.9 Å². The van der Waals surface area contributed by atoms with E-state index in [-0.39, 0.29) is 24.0 Å². The molecule has 6 nitrogen and oxygen atoms in total. The van der Waals surface area contributed by atoms with E-state index in [0.29, 0.717) is 0 Å². The van der Waals surface area contributed by atoms with Crippen LogP contribution in [-0.4, -0.2) is 40.2 Å². The van der Waals surface area contributed by atoms with Crippen molar-refractivity contribution in [3.8, 4) is 0 Å². The number of nitrogens with zero attached hydrogens (tertiary/aromatic N) is 4. The van der Waals surface area contributed by atoms with E-state index in [1.807, 2.05) is 28.8 Å². The molecule has 2 aromatic rings. The van der Waals surface area contributed by atoms with Crippen LogP contribution in [0.1, 0.15) is 39.4 Å². The second kappa shape index (κ2) is 11.2. The van der Waals surface area contributed by atoms with Crippen LogP contribution in [-0.2, 0) is 6.42 Å². The van der Waals surface area contributed by atoms with E-state index in [1.165, 1.54) is 6.42 Å². The number of rotatable bonds is 8. The molecular weight excluding hydrogens is 415 g/mol. The summed E-state index contributed by atoms with van der Waals surface area (Å²) in [5, 5.41) is 15.1. The summed E-state index contributed by atoms with van der Waals surface area (Å²) in [4.78, 5) is 4.62. The number of fused-ring (bicyclic) bond motifs is 1. The molecule has 2 heterocycles. The number of aromatic nitrogens is 3. The summed E-state index contributed by atoms with van der Waals surface area (Å²) in [5.41, 5.74) is 0.886. The highest BCUT2D eigenvalue weighted by atomic mass is 127. The van der Waals surface area contributed by atoms with Crippen LogP contribution in [0.25, 0.3) is 5.65 Å². The molecule has 0 saturated carbocycles. The van der Waals surface area contributed by atoms with Crippen LogP contribution in [0.3, 0.4) is 0 Å². The number of aliphatic imine (C=N–C) groups is 1. The van der Waals surface area contributed by atoms with Crippen molar-refractivity contribution in [1.82, 2.24) is 25.2 Å². The molecule has 0 aliphatic carbocycles. The first-order valence-electron chi connectivity index (χ1n) is 8.51. The molecule has 0 aliphatic heterocycles. The number of halogens is 1. The number of nitrogens with one attached hydrogen (secondary N) is 2. The lowest BCUT2D eigenvalue weighted by molar-refractivity contribution is 0.560. The Morgan fingerprint density at radius 2 is 2.08 bits per heavy atom. The normalized spacial score (nSPS) is 11.6. The quantitative estimate of drug-likeness (QED) is 0.285. The summed E-state index contributed by atoms with van der Waals surface area (Å²) in [6, 6.07) is 5.93. The average Bonchev–Trinajstić information content (AvgIpc) is 2.95. The zero-order valence-corrected chi connectivity index (χ0v) is 17.2. The van der Waals surface area contributed by atoms with Gasteiger partial charge in [0.25, 0.3) is 0 Å². The minimum Gasteiger partial charge on any atom is -0.357 e. The highest BCUT2D eigenvalue weighted by molar-refractivity contribution is 14.0. The number of pyridine rings is 1. The van der Waals surface area contributed by atoms with Gasteiger partial charge in [0.2, 0.25) is 0 Å². The first-order chi connectivity index (χ1) is 11.2. The van der Waals surface area contributed by atoms with E-state index >= 15 is 0 Å². The van der Waals surface area contributed by atoms with Crippen LogP contribution in [0, 0.1) is 5.92 Å². The van der Waals surface area contributed by atoms with Crippen molar-refractivity contribution in [2.45, 2.75) is 40.0 Å². The van der Waals surface area contributed by atoms with Gasteiger partial charge in [-0.3, -0.25) is 9.39 Å². The van der Waals surface area contributed by atoms with Crippen LogP contribution in [0.5, 0.6) is 0 Å². The SMILES string of the molecule is CCNC(=NCCCC(C)C)NCCc1nnc2ccccn12.I. The molecule has 0 amide bonds. The fraction of sp³-hybridized carbons (Fsp3) is 0.588. The maximum Gasteiger partial charge on any atom is 0.191 e. The molecule has 24 heavy (non-hydrogen) atoms. The van der Waals surface area contributed by atoms with Gasteiger partial charge >= 0.3 is 0 Å². The van der Waals surface area contributed by atoms with Crippen molar-refractivity contribution in [3.63, 3.8) is 0 Å². The topological polar surface area (TPSA) is 66.6 Å². The number of hydrogen-bond acceptors (Lipinski definition) is 3. The van der Waals surface area contributed by atoms with Crippen LogP contribution in [0.15, 0.2) is 29.4 Å². The lowest BCUT2D eigenvalue weighted by Crippen LogP contribution is -2.38. The minimum atomic E-state index is 0. The van der Waals surface area contributed by atoms with Crippen molar-refractivity contribution in [2.75, 3.05) is 19.6 Å². The van der Waals surface area contributed by atoms with Crippen LogP contribution in [0.4, 0.5) is 0 Å². The standard InChI is InChI=1S/C17H28N6.HI/c1-4-18-17(19-11-7-8-14(2)3)20-12-10-16-22-21-15-9-5-6-13-23(15)16;/h5-6,9,13-14H,4,7-8,10-12H2,1-3H3,(H2,18,19,20);1H. The average molecular weight is 444 g/mol. The highest BCUT2D eigenvalue weighted by Crippen LogP contribution is 2.04. The molecule has 2 aromatic heterocycles. The van der Waals surface area contributed by atoms with Crippen molar-refractivity contribution in [1.29, 1.82) is 0 Å². The molecule has 0 aliphatic rings. The molecule has 0 radical (unpaired) electrons. The second-order valence-corrected chi connectivity index (χ2v) is 6.02. The Bertz CT molecular complexity index is 622. The third kappa shape index (κ3) is 6.62. The smallest absolute Gasteiger partial charge is 0.191 e. The zero-order chi connectivity index (χ0) is 16.5. The first-order valence-corrected chi connectivity index (χ1v) is 8.51. The predicted octanol–water partition coefficient (Wildman–Crippen LogP) is 2.88. The van der Waals surface area contributed by atoms with E-state index in [2.05, 4.69) is 46.6 Å². The Morgan fingerprint density at radius 3 is 2.83 bits per heavy atom. The monoisotopic (exact) mass is 444 g/mol. The summed E-state index contributed by atoms with van der Waals surface area (Å²) in [6.07, 6.45) is 5.15. The third-order valence-electron chi connectivity index (χ3n) is 3.58. The van der Waals surface area contributed by atoms with Gasteiger partial charge in [0.1, 0.15) is 5.82 Å². The van der Waals surface area contributed by atoms with Gasteiger partial charge in [0, 0.05) is 32.3 Å². The van der Waals surface area contributed by atoms with E-state index in [1.54, 1.807) is 0 Å². The molecular formula is C17H29IN6. The lowest BCUT2D eigenvalue weighted by atomic mass is 10.1. The summed E-state index contributed by atoms with van der Waals surface area (Å²) in [6.45, 7) is 9.08. The van der Waals surface area contributed by atoms with Crippen molar-refractivity contribution in [3.05, 3.63) is 30.2 Å². The largest absolute Gasteiger partial charge is 0.357 e. The fourth-order valence-corrected chi connectivity index (χ4v) is 2.39. The van der Waals surface area contributed by atoms with Gasteiger partial charge in [0.15, 0.2) is 11.6 Å². The van der Waals surface area contributed by atoms with E-state index in [0.717, 1.165) is 55.8 Å². The Kier molecular flexibility index (Phi) is 9.66. The Balaban J connectivity index is 0.00000288. The molecule has 0 aromatic carbocycles. The Labute approximate surface area is 161 Å². The Morgan fingerprint density at radius 1 is 1.25 bits per heavy atom. The second-order valence-electron chi connectivity index (χ2n) is 6.02. The van der Waals surface area contributed by atoms with Gasteiger partial charge in [-0.05, 0) is 37.8 Å². The number of hydrogen-bond donors (Lipinski definition) is 2. The molecule has 0 fully saturated rings. The third-order valence-corrected chi connectivity index (χ3v) is 3.58. The molecule has 7 heteroatoms. The molecule has 134 valence electrons. The molecule has 0 saturated heterocycles. The highest BCUT2D eigenvalue weighted by Gasteiger charge is 2.04. The van der Waals surface area contributed by atoms with E-state index < -0.39 is 0 Å². The van der Waals surface area contributed by atoms with Gasteiger partial charge in [-0.2, -0.15) is 0 Å². The molecule has 0 spiro atoms. The number of guanidine groups is 1. The van der Waals surface area contributed by atoms with Crippen LogP contribution >= 0.6 is 24.0 Å². The van der Waals surface area contributed by atoms with E-state index in [4.69, 9.17) is 0 Å². The summed E-state index contributed by atoms with van der Waals surface area (Å²) >= 11 is 0. The van der Waals surface area contributed by atoms with Crippen molar-refractivity contribution >= 4 is 35.6 Å². The predicted molar refractivity (Wildman–Crippen MR) is 110 cm³/mol. The van der Waals surface area contributed by atoms with Gasteiger partial charge in [-0.15, -0.1) is 34.2 Å². The van der Waals surface area contributed by atoms with Gasteiger partial charge in [-0.25, -0.2) is 0 Å². The van der Waals surface area contributed by atoms with E-state index in [9.17, 15) is 0 Å². The first kappa shape index (κ1) is 20.7. The molecule has 0 atom stereocenters. The fourth-order valence-electron chi connectivity index (χ4n) is 2.39. The molecule has 0 unspecified atom stereocenters. The van der Waals surface area contributed by atoms with Gasteiger partial charge in [0.05, 0.1) is 0 Å².